The first-order chi connectivity index (χ1) is 12.4. The van der Waals surface area contributed by atoms with Crippen molar-refractivity contribution in [2.75, 3.05) is 13.1 Å². The number of halogens is 2. The Hall–Kier alpha value is -2.76. The Morgan fingerprint density at radius 2 is 1.54 bits per heavy atom. The molecule has 0 unspecified atom stereocenters. The fourth-order valence-corrected chi connectivity index (χ4v) is 3.34. The Kier molecular flexibility index (Phi) is 5.30. The highest BCUT2D eigenvalue weighted by Gasteiger charge is 2.24. The molecule has 2 amide bonds. The Bertz CT molecular complexity index is 793. The summed E-state index contributed by atoms with van der Waals surface area (Å²) in [6.07, 6.45) is 2.50. The summed E-state index contributed by atoms with van der Waals surface area (Å²) in [6.45, 7) is 1.11. The van der Waals surface area contributed by atoms with E-state index in [0.29, 0.717) is 24.6 Å². The molecule has 3 rings (SSSR count). The second-order valence-electron chi connectivity index (χ2n) is 6.66. The minimum absolute atomic E-state index is 0.0444. The topological polar surface area (TPSA) is 63.4 Å². The number of carbonyl (C=O) groups is 2. The number of hydrogen-bond acceptors (Lipinski definition) is 2. The Balaban J connectivity index is 1.56. The van der Waals surface area contributed by atoms with Gasteiger partial charge in [0.15, 0.2) is 0 Å². The Morgan fingerprint density at radius 3 is 2.08 bits per heavy atom. The molecule has 2 N–H and O–H groups in total. The van der Waals surface area contributed by atoms with Gasteiger partial charge in [-0.3, -0.25) is 9.59 Å². The molecule has 0 saturated carbocycles. The number of nitrogens with zero attached hydrogens (tertiary/aromatic N) is 1. The number of benzene rings is 2. The van der Waals surface area contributed by atoms with Crippen LogP contribution < -0.4 is 5.73 Å². The van der Waals surface area contributed by atoms with Crippen molar-refractivity contribution in [3.8, 4) is 0 Å². The van der Waals surface area contributed by atoms with Gasteiger partial charge >= 0.3 is 0 Å². The van der Waals surface area contributed by atoms with Gasteiger partial charge in [-0.1, -0.05) is 12.1 Å². The van der Waals surface area contributed by atoms with Crippen molar-refractivity contribution in [1.29, 1.82) is 0 Å². The van der Waals surface area contributed by atoms with E-state index in [1.54, 1.807) is 17.0 Å². The molecular weight excluding hydrogens is 338 g/mol. The van der Waals surface area contributed by atoms with E-state index < -0.39 is 17.5 Å². The van der Waals surface area contributed by atoms with Crippen LogP contribution in [0.3, 0.4) is 0 Å². The van der Waals surface area contributed by atoms with Gasteiger partial charge in [-0.05, 0) is 55.0 Å². The Labute approximate surface area is 150 Å². The zero-order chi connectivity index (χ0) is 18.7. The molecule has 0 radical (unpaired) electrons. The zero-order valence-electron chi connectivity index (χ0n) is 14.3. The average Bonchev–Trinajstić information content (AvgIpc) is 2.61. The Morgan fingerprint density at radius 1 is 0.962 bits per heavy atom. The summed E-state index contributed by atoms with van der Waals surface area (Å²) in [5.41, 5.74) is 6.88. The summed E-state index contributed by atoms with van der Waals surface area (Å²) in [5, 5.41) is 0. The lowest BCUT2D eigenvalue weighted by molar-refractivity contribution is 0.0689. The van der Waals surface area contributed by atoms with Crippen LogP contribution in [0, 0.1) is 17.6 Å². The molecular formula is C20H20F2N2O2. The van der Waals surface area contributed by atoms with Gasteiger partial charge in [-0.15, -0.1) is 0 Å². The van der Waals surface area contributed by atoms with Gasteiger partial charge in [0, 0.05) is 30.3 Å². The molecule has 0 spiro atoms. The molecule has 1 aliphatic rings. The summed E-state index contributed by atoms with van der Waals surface area (Å²) in [6, 6.07) is 10.1. The van der Waals surface area contributed by atoms with Gasteiger partial charge in [-0.25, -0.2) is 8.78 Å². The van der Waals surface area contributed by atoms with Crippen LogP contribution in [0.2, 0.25) is 0 Å². The third-order valence-electron chi connectivity index (χ3n) is 4.77. The maximum atomic E-state index is 13.3. The average molecular weight is 358 g/mol. The van der Waals surface area contributed by atoms with Crippen molar-refractivity contribution in [2.24, 2.45) is 11.7 Å². The molecule has 1 aliphatic heterocycles. The number of likely N-dealkylation sites (tertiary alicyclic amines) is 1. The molecule has 0 atom stereocenters. The molecule has 1 saturated heterocycles. The number of amides is 2. The summed E-state index contributed by atoms with van der Waals surface area (Å²) in [4.78, 5) is 25.2. The first kappa shape index (κ1) is 18.0. The van der Waals surface area contributed by atoms with E-state index in [-0.39, 0.29) is 11.5 Å². The van der Waals surface area contributed by atoms with Crippen molar-refractivity contribution in [2.45, 2.75) is 19.3 Å². The fraction of sp³-hybridized carbons (Fsp3) is 0.300. The van der Waals surface area contributed by atoms with E-state index in [0.717, 1.165) is 43.0 Å². The van der Waals surface area contributed by atoms with E-state index in [9.17, 15) is 18.4 Å². The second kappa shape index (κ2) is 7.64. The molecule has 0 aromatic heterocycles. The molecule has 0 bridgehead atoms. The summed E-state index contributed by atoms with van der Waals surface area (Å²) < 4.78 is 26.6. The van der Waals surface area contributed by atoms with Crippen LogP contribution in [0.25, 0.3) is 0 Å². The van der Waals surface area contributed by atoms with Crippen LogP contribution in [-0.2, 0) is 6.42 Å². The normalized spacial score (nSPS) is 15.1. The second-order valence-corrected chi connectivity index (χ2v) is 6.66. The standard InChI is InChI=1S/C20H20F2N2O2/c21-17-10-16(11-18(22)12-17)20(26)24-7-5-14(6-8-24)9-13-1-3-15(4-2-13)19(23)25/h1-4,10-12,14H,5-9H2,(H2,23,25). The lowest BCUT2D eigenvalue weighted by Crippen LogP contribution is -2.39. The first-order valence-corrected chi connectivity index (χ1v) is 8.56. The third-order valence-corrected chi connectivity index (χ3v) is 4.77. The molecule has 26 heavy (non-hydrogen) atoms. The SMILES string of the molecule is NC(=O)c1ccc(CC2CCN(C(=O)c3cc(F)cc(F)c3)CC2)cc1. The van der Waals surface area contributed by atoms with E-state index in [2.05, 4.69) is 0 Å². The number of nitrogens with two attached hydrogens (primary N) is 1. The molecule has 1 fully saturated rings. The van der Waals surface area contributed by atoms with Crippen LogP contribution in [0.5, 0.6) is 0 Å². The highest BCUT2D eigenvalue weighted by molar-refractivity contribution is 5.94. The molecule has 6 heteroatoms. The largest absolute Gasteiger partial charge is 0.366 e. The summed E-state index contributed by atoms with van der Waals surface area (Å²) in [5.74, 6) is -1.86. The van der Waals surface area contributed by atoms with Crippen LogP contribution >= 0.6 is 0 Å². The van der Waals surface area contributed by atoms with Gasteiger partial charge in [0.25, 0.3) is 5.91 Å². The third kappa shape index (κ3) is 4.25. The van der Waals surface area contributed by atoms with Crippen molar-refractivity contribution in [3.63, 3.8) is 0 Å². The summed E-state index contributed by atoms with van der Waals surface area (Å²) in [7, 11) is 0. The minimum Gasteiger partial charge on any atom is -0.366 e. The van der Waals surface area contributed by atoms with Crippen molar-refractivity contribution >= 4 is 11.8 Å². The zero-order valence-corrected chi connectivity index (χ0v) is 14.3. The predicted molar refractivity (Wildman–Crippen MR) is 93.6 cm³/mol. The fourth-order valence-electron chi connectivity index (χ4n) is 3.34. The molecule has 1 heterocycles. The maximum Gasteiger partial charge on any atom is 0.254 e. The van der Waals surface area contributed by atoms with Crippen molar-refractivity contribution in [1.82, 2.24) is 4.90 Å². The van der Waals surface area contributed by atoms with E-state index in [1.165, 1.54) is 0 Å². The predicted octanol–water partition coefficient (Wildman–Crippen LogP) is 3.16. The molecule has 2 aromatic carbocycles. The lowest BCUT2D eigenvalue weighted by Gasteiger charge is -2.32. The van der Waals surface area contributed by atoms with Crippen LogP contribution in [0.15, 0.2) is 42.5 Å². The lowest BCUT2D eigenvalue weighted by atomic mass is 9.89. The van der Waals surface area contributed by atoms with Crippen LogP contribution in [0.1, 0.15) is 39.1 Å². The highest BCUT2D eigenvalue weighted by atomic mass is 19.1. The summed E-state index contributed by atoms with van der Waals surface area (Å²) >= 11 is 0. The smallest absolute Gasteiger partial charge is 0.254 e. The first-order valence-electron chi connectivity index (χ1n) is 8.56. The van der Waals surface area contributed by atoms with Gasteiger partial charge in [0.05, 0.1) is 0 Å². The van der Waals surface area contributed by atoms with Crippen molar-refractivity contribution < 1.29 is 18.4 Å². The number of primary amides is 1. The monoisotopic (exact) mass is 358 g/mol. The van der Waals surface area contributed by atoms with Gasteiger partial charge in [0.2, 0.25) is 5.91 Å². The van der Waals surface area contributed by atoms with E-state index in [4.69, 9.17) is 5.73 Å². The van der Waals surface area contributed by atoms with Gasteiger partial charge in [0.1, 0.15) is 11.6 Å². The van der Waals surface area contributed by atoms with Crippen molar-refractivity contribution in [3.05, 3.63) is 70.8 Å². The number of piperidine rings is 1. The number of rotatable bonds is 4. The minimum atomic E-state index is -0.748. The molecule has 136 valence electrons. The number of hydrogen-bond donors (Lipinski definition) is 1. The van der Waals surface area contributed by atoms with Crippen LogP contribution in [0.4, 0.5) is 8.78 Å². The van der Waals surface area contributed by atoms with Gasteiger partial charge in [-0.2, -0.15) is 0 Å². The maximum absolute atomic E-state index is 13.3. The quantitative estimate of drug-likeness (QED) is 0.912. The highest BCUT2D eigenvalue weighted by Crippen LogP contribution is 2.23. The number of carbonyl (C=O) groups excluding carboxylic acids is 2. The van der Waals surface area contributed by atoms with Gasteiger partial charge < -0.3 is 10.6 Å². The van der Waals surface area contributed by atoms with Crippen LogP contribution in [-0.4, -0.2) is 29.8 Å². The van der Waals surface area contributed by atoms with E-state index in [1.807, 2.05) is 12.1 Å². The van der Waals surface area contributed by atoms with E-state index >= 15 is 0 Å². The molecule has 2 aromatic rings. The molecule has 4 nitrogen and oxygen atoms in total. The molecule has 0 aliphatic carbocycles.